The molecule has 1 aromatic heterocycles. The van der Waals surface area contributed by atoms with Gasteiger partial charge in [-0.3, -0.25) is 9.59 Å². The second-order valence-electron chi connectivity index (χ2n) is 6.30. The van der Waals surface area contributed by atoms with Crippen LogP contribution in [0.15, 0.2) is 41.5 Å². The van der Waals surface area contributed by atoms with Crippen LogP contribution in [-0.2, 0) is 22.4 Å². The number of nitrogens with zero attached hydrogens (tertiary/aromatic N) is 2. The Bertz CT molecular complexity index is 788. The molecule has 1 aliphatic heterocycles. The van der Waals surface area contributed by atoms with Crippen LogP contribution in [0.5, 0.6) is 5.75 Å². The standard InChI is InChI=1S/C19H23N3O4/c1-25-16-5-2-14(3-6-16)10-19(24)22-8-9-26-17(12-22)7-4-15-11-18(23)21-13-20-15/h2-3,5-6,11,13,17H,4,7-10,12H2,1H3,(H,20,21,23)/t17-/m1/s1. The highest BCUT2D eigenvalue weighted by Crippen LogP contribution is 2.15. The predicted octanol–water partition coefficient (Wildman–Crippen LogP) is 1.18. The van der Waals surface area contributed by atoms with Crippen molar-refractivity contribution in [1.29, 1.82) is 0 Å². The van der Waals surface area contributed by atoms with E-state index in [1.165, 1.54) is 12.4 Å². The molecular weight excluding hydrogens is 334 g/mol. The number of aryl methyl sites for hydroxylation is 1. The molecule has 0 aliphatic carbocycles. The summed E-state index contributed by atoms with van der Waals surface area (Å²) in [5.41, 5.74) is 1.54. The number of amides is 1. The molecule has 0 saturated carbocycles. The maximum absolute atomic E-state index is 12.6. The maximum atomic E-state index is 12.6. The van der Waals surface area contributed by atoms with Gasteiger partial charge in [0.15, 0.2) is 0 Å². The number of aromatic amines is 1. The van der Waals surface area contributed by atoms with Gasteiger partial charge in [-0.15, -0.1) is 0 Å². The van der Waals surface area contributed by atoms with Gasteiger partial charge >= 0.3 is 0 Å². The molecule has 26 heavy (non-hydrogen) atoms. The van der Waals surface area contributed by atoms with Crippen LogP contribution < -0.4 is 10.3 Å². The molecule has 1 fully saturated rings. The number of H-pyrrole nitrogens is 1. The van der Waals surface area contributed by atoms with Crippen molar-refractivity contribution in [2.45, 2.75) is 25.4 Å². The van der Waals surface area contributed by atoms with E-state index in [1.807, 2.05) is 29.2 Å². The molecule has 138 valence electrons. The lowest BCUT2D eigenvalue weighted by atomic mass is 10.1. The molecule has 7 nitrogen and oxygen atoms in total. The summed E-state index contributed by atoms with van der Waals surface area (Å²) in [7, 11) is 1.62. The number of methoxy groups -OCH3 is 1. The van der Waals surface area contributed by atoms with Crippen LogP contribution in [0.25, 0.3) is 0 Å². The average Bonchev–Trinajstić information content (AvgIpc) is 2.67. The number of ether oxygens (including phenoxy) is 2. The first-order valence-electron chi connectivity index (χ1n) is 8.70. The Morgan fingerprint density at radius 3 is 2.92 bits per heavy atom. The summed E-state index contributed by atoms with van der Waals surface area (Å²) in [5, 5.41) is 0. The fourth-order valence-electron chi connectivity index (χ4n) is 3.00. The predicted molar refractivity (Wildman–Crippen MR) is 96.2 cm³/mol. The first-order chi connectivity index (χ1) is 12.6. The second kappa shape index (κ2) is 8.62. The van der Waals surface area contributed by atoms with Crippen LogP contribution in [0.3, 0.4) is 0 Å². The van der Waals surface area contributed by atoms with Gasteiger partial charge < -0.3 is 19.4 Å². The molecule has 7 heteroatoms. The summed E-state index contributed by atoms with van der Waals surface area (Å²) in [4.78, 5) is 32.4. The number of hydrogen-bond donors (Lipinski definition) is 1. The number of carbonyl (C=O) groups is 1. The molecule has 1 N–H and O–H groups in total. The zero-order chi connectivity index (χ0) is 18.4. The molecule has 2 heterocycles. The van der Waals surface area contributed by atoms with E-state index < -0.39 is 0 Å². The van der Waals surface area contributed by atoms with Gasteiger partial charge in [0.2, 0.25) is 5.91 Å². The highest BCUT2D eigenvalue weighted by molar-refractivity contribution is 5.79. The summed E-state index contributed by atoms with van der Waals surface area (Å²) >= 11 is 0. The lowest BCUT2D eigenvalue weighted by molar-refractivity contribution is -0.138. The van der Waals surface area contributed by atoms with Gasteiger partial charge in [-0.25, -0.2) is 4.98 Å². The van der Waals surface area contributed by atoms with E-state index in [0.29, 0.717) is 32.5 Å². The Kier molecular flexibility index (Phi) is 6.01. The molecule has 1 aromatic carbocycles. The Morgan fingerprint density at radius 1 is 1.38 bits per heavy atom. The van der Waals surface area contributed by atoms with Gasteiger partial charge in [-0.2, -0.15) is 0 Å². The fraction of sp³-hybridized carbons (Fsp3) is 0.421. The van der Waals surface area contributed by atoms with Crippen LogP contribution in [0.1, 0.15) is 17.7 Å². The van der Waals surface area contributed by atoms with Crippen LogP contribution in [0, 0.1) is 0 Å². The van der Waals surface area contributed by atoms with Gasteiger partial charge in [0.1, 0.15) is 5.75 Å². The summed E-state index contributed by atoms with van der Waals surface area (Å²) < 4.78 is 10.9. The van der Waals surface area contributed by atoms with Crippen molar-refractivity contribution in [1.82, 2.24) is 14.9 Å². The van der Waals surface area contributed by atoms with Gasteiger partial charge in [0.25, 0.3) is 5.56 Å². The van der Waals surface area contributed by atoms with E-state index in [1.54, 1.807) is 7.11 Å². The van der Waals surface area contributed by atoms with E-state index in [4.69, 9.17) is 9.47 Å². The average molecular weight is 357 g/mol. The van der Waals surface area contributed by atoms with E-state index in [9.17, 15) is 9.59 Å². The van der Waals surface area contributed by atoms with E-state index >= 15 is 0 Å². The first-order valence-corrected chi connectivity index (χ1v) is 8.70. The number of benzene rings is 1. The monoisotopic (exact) mass is 357 g/mol. The summed E-state index contributed by atoms with van der Waals surface area (Å²) in [5.74, 6) is 0.874. The molecule has 0 bridgehead atoms. The number of morpholine rings is 1. The van der Waals surface area contributed by atoms with Crippen molar-refractivity contribution in [3.63, 3.8) is 0 Å². The minimum absolute atomic E-state index is 0.0374. The Morgan fingerprint density at radius 2 is 2.19 bits per heavy atom. The van der Waals surface area contributed by atoms with Crippen LogP contribution in [-0.4, -0.2) is 53.7 Å². The lowest BCUT2D eigenvalue weighted by Crippen LogP contribution is -2.46. The molecule has 1 saturated heterocycles. The topological polar surface area (TPSA) is 84.5 Å². The van der Waals surface area contributed by atoms with Crippen molar-refractivity contribution >= 4 is 5.91 Å². The SMILES string of the molecule is COc1ccc(CC(=O)N2CCO[C@H](CCc3cc(=O)[nH]cn3)C2)cc1. The molecule has 0 radical (unpaired) electrons. The van der Waals surface area contributed by atoms with E-state index in [2.05, 4.69) is 9.97 Å². The summed E-state index contributed by atoms with van der Waals surface area (Å²) in [6.07, 6.45) is 3.11. The highest BCUT2D eigenvalue weighted by Gasteiger charge is 2.24. The van der Waals surface area contributed by atoms with Crippen LogP contribution in [0.2, 0.25) is 0 Å². The molecule has 2 aromatic rings. The molecule has 0 spiro atoms. The fourth-order valence-corrected chi connectivity index (χ4v) is 3.00. The first kappa shape index (κ1) is 18.1. The summed E-state index contributed by atoms with van der Waals surface area (Å²) in [6.45, 7) is 1.70. The molecule has 3 rings (SSSR count). The Hall–Kier alpha value is -2.67. The second-order valence-corrected chi connectivity index (χ2v) is 6.30. The molecule has 1 atom stereocenters. The van der Waals surface area contributed by atoms with Gasteiger partial charge in [-0.1, -0.05) is 12.1 Å². The molecule has 1 aliphatic rings. The van der Waals surface area contributed by atoms with Crippen molar-refractivity contribution in [3.8, 4) is 5.75 Å². The van der Waals surface area contributed by atoms with Crippen molar-refractivity contribution in [2.75, 3.05) is 26.8 Å². The minimum Gasteiger partial charge on any atom is -0.497 e. The van der Waals surface area contributed by atoms with Gasteiger partial charge in [-0.05, 0) is 30.5 Å². The number of aromatic nitrogens is 2. The van der Waals surface area contributed by atoms with Gasteiger partial charge in [0.05, 0.1) is 32.6 Å². The third kappa shape index (κ3) is 4.92. The third-order valence-corrected chi connectivity index (χ3v) is 4.46. The smallest absolute Gasteiger partial charge is 0.250 e. The summed E-state index contributed by atoms with van der Waals surface area (Å²) in [6, 6.07) is 9.04. The highest BCUT2D eigenvalue weighted by atomic mass is 16.5. The number of rotatable bonds is 6. The Labute approximate surface area is 152 Å². The normalized spacial score (nSPS) is 17.1. The molecular formula is C19H23N3O4. The Balaban J connectivity index is 1.52. The van der Waals surface area contributed by atoms with Gasteiger partial charge in [0, 0.05) is 24.8 Å². The van der Waals surface area contributed by atoms with Crippen molar-refractivity contribution in [2.24, 2.45) is 0 Å². The zero-order valence-corrected chi connectivity index (χ0v) is 14.8. The van der Waals surface area contributed by atoms with Crippen LogP contribution >= 0.6 is 0 Å². The van der Waals surface area contributed by atoms with Crippen LogP contribution in [0.4, 0.5) is 0 Å². The zero-order valence-electron chi connectivity index (χ0n) is 14.8. The van der Waals surface area contributed by atoms with Crippen molar-refractivity contribution < 1.29 is 14.3 Å². The quantitative estimate of drug-likeness (QED) is 0.839. The van der Waals surface area contributed by atoms with E-state index in [-0.39, 0.29) is 17.6 Å². The lowest BCUT2D eigenvalue weighted by Gasteiger charge is -2.33. The number of carbonyl (C=O) groups excluding carboxylic acids is 1. The largest absolute Gasteiger partial charge is 0.497 e. The maximum Gasteiger partial charge on any atom is 0.250 e. The number of nitrogens with one attached hydrogen (secondary N) is 1. The third-order valence-electron chi connectivity index (χ3n) is 4.46. The minimum atomic E-state index is -0.157. The molecule has 0 unspecified atom stereocenters. The van der Waals surface area contributed by atoms with Crippen molar-refractivity contribution in [3.05, 3.63) is 58.3 Å². The number of hydrogen-bond acceptors (Lipinski definition) is 5. The molecule has 1 amide bonds. The van der Waals surface area contributed by atoms with E-state index in [0.717, 1.165) is 23.4 Å².